The number of guanidine groups is 1. The molecular formula is C14H21IN4OS. The Labute approximate surface area is 146 Å². The zero-order chi connectivity index (χ0) is 14.4. The second-order valence-corrected chi connectivity index (χ2v) is 5.80. The molecule has 7 heteroatoms. The maximum atomic E-state index is 5.22. The number of hydrogen-bond donors (Lipinski definition) is 2. The number of hydrogen-bond acceptors (Lipinski definition) is 4. The van der Waals surface area contributed by atoms with E-state index in [9.17, 15) is 0 Å². The van der Waals surface area contributed by atoms with E-state index in [1.807, 2.05) is 6.07 Å². The molecule has 2 heterocycles. The molecule has 0 aliphatic rings. The van der Waals surface area contributed by atoms with Crippen LogP contribution in [0.25, 0.3) is 0 Å². The van der Waals surface area contributed by atoms with Crippen LogP contribution in [0.5, 0.6) is 0 Å². The predicted molar refractivity (Wildman–Crippen MR) is 97.4 cm³/mol. The standard InChI is InChI=1S/C14H20N4OS.HI/c1-4-11-7-12(19-18-11)8-16-14(15-3)17-9-13-6-5-10(2)20-13;/h5-7H,4,8-9H2,1-3H3,(H2,15,16,17);1H. The summed E-state index contributed by atoms with van der Waals surface area (Å²) in [4.78, 5) is 6.80. The van der Waals surface area contributed by atoms with Crippen molar-refractivity contribution in [2.45, 2.75) is 33.4 Å². The van der Waals surface area contributed by atoms with Crippen molar-refractivity contribution in [1.82, 2.24) is 15.8 Å². The minimum absolute atomic E-state index is 0. The number of aromatic nitrogens is 1. The molecule has 0 atom stereocenters. The van der Waals surface area contributed by atoms with E-state index in [2.05, 4.69) is 46.8 Å². The van der Waals surface area contributed by atoms with Crippen molar-refractivity contribution in [2.75, 3.05) is 7.05 Å². The smallest absolute Gasteiger partial charge is 0.191 e. The number of rotatable bonds is 5. The summed E-state index contributed by atoms with van der Waals surface area (Å²) in [5, 5.41) is 10.4. The molecule has 0 fully saturated rings. The Balaban J connectivity index is 0.00000220. The Hall–Kier alpha value is -1.09. The van der Waals surface area contributed by atoms with E-state index >= 15 is 0 Å². The maximum absolute atomic E-state index is 5.22. The molecule has 21 heavy (non-hydrogen) atoms. The summed E-state index contributed by atoms with van der Waals surface area (Å²) in [6.07, 6.45) is 0.883. The molecule has 0 aliphatic carbocycles. The zero-order valence-corrected chi connectivity index (χ0v) is 15.6. The molecule has 0 unspecified atom stereocenters. The van der Waals surface area contributed by atoms with E-state index in [4.69, 9.17) is 4.52 Å². The van der Waals surface area contributed by atoms with E-state index in [-0.39, 0.29) is 24.0 Å². The summed E-state index contributed by atoms with van der Waals surface area (Å²) < 4.78 is 5.22. The van der Waals surface area contributed by atoms with Gasteiger partial charge < -0.3 is 15.2 Å². The molecule has 0 aromatic carbocycles. The highest BCUT2D eigenvalue weighted by Crippen LogP contribution is 2.14. The average molecular weight is 420 g/mol. The van der Waals surface area contributed by atoms with Gasteiger partial charge in [0.25, 0.3) is 0 Å². The van der Waals surface area contributed by atoms with Crippen molar-refractivity contribution in [3.63, 3.8) is 0 Å². The molecule has 0 saturated heterocycles. The molecule has 0 amide bonds. The summed E-state index contributed by atoms with van der Waals surface area (Å²) in [5.74, 6) is 1.57. The Kier molecular flexibility index (Phi) is 7.73. The number of nitrogens with zero attached hydrogens (tertiary/aromatic N) is 2. The molecule has 2 aromatic heterocycles. The number of aryl methyl sites for hydroxylation is 2. The first kappa shape index (κ1) is 18.0. The summed E-state index contributed by atoms with van der Waals surface area (Å²) in [6, 6.07) is 6.21. The van der Waals surface area contributed by atoms with Crippen molar-refractivity contribution in [1.29, 1.82) is 0 Å². The molecule has 0 bridgehead atoms. The van der Waals surface area contributed by atoms with Gasteiger partial charge in [-0.2, -0.15) is 0 Å². The molecule has 2 aromatic rings. The van der Waals surface area contributed by atoms with Crippen molar-refractivity contribution < 1.29 is 4.52 Å². The lowest BCUT2D eigenvalue weighted by atomic mass is 10.3. The van der Waals surface area contributed by atoms with Crippen LogP contribution in [0.3, 0.4) is 0 Å². The first-order valence-electron chi connectivity index (χ1n) is 6.65. The summed E-state index contributed by atoms with van der Waals surface area (Å²) in [6.45, 7) is 5.51. The number of halogens is 1. The van der Waals surface area contributed by atoms with Crippen LogP contribution in [0.15, 0.2) is 27.7 Å². The number of thiophene rings is 1. The van der Waals surface area contributed by atoms with Gasteiger partial charge in [-0.3, -0.25) is 4.99 Å². The van der Waals surface area contributed by atoms with Gasteiger partial charge in [-0.25, -0.2) is 0 Å². The molecule has 5 nitrogen and oxygen atoms in total. The van der Waals surface area contributed by atoms with Crippen LogP contribution in [0, 0.1) is 6.92 Å². The van der Waals surface area contributed by atoms with E-state index in [0.717, 1.165) is 30.4 Å². The first-order chi connectivity index (χ1) is 9.71. The Morgan fingerprint density at radius 3 is 2.67 bits per heavy atom. The van der Waals surface area contributed by atoms with Crippen LogP contribution in [0.4, 0.5) is 0 Å². The molecule has 2 N–H and O–H groups in total. The van der Waals surface area contributed by atoms with Crippen molar-refractivity contribution in [3.05, 3.63) is 39.4 Å². The topological polar surface area (TPSA) is 62.5 Å². The van der Waals surface area contributed by atoms with Gasteiger partial charge in [0.1, 0.15) is 0 Å². The third kappa shape index (κ3) is 5.66. The van der Waals surface area contributed by atoms with Gasteiger partial charge >= 0.3 is 0 Å². The van der Waals surface area contributed by atoms with E-state index in [1.165, 1.54) is 9.75 Å². The molecule has 0 radical (unpaired) electrons. The molecule has 2 rings (SSSR count). The fourth-order valence-electron chi connectivity index (χ4n) is 1.75. The SMILES string of the molecule is CCc1cc(CNC(=NC)NCc2ccc(C)s2)on1.I. The quantitative estimate of drug-likeness (QED) is 0.444. The summed E-state index contributed by atoms with van der Waals surface area (Å²) in [5.41, 5.74) is 0.971. The van der Waals surface area contributed by atoms with Crippen LogP contribution >= 0.6 is 35.3 Å². The molecule has 0 spiro atoms. The van der Waals surface area contributed by atoms with Gasteiger partial charge in [-0.05, 0) is 25.5 Å². The minimum Gasteiger partial charge on any atom is -0.359 e. The third-order valence-corrected chi connectivity index (χ3v) is 3.85. The lowest BCUT2D eigenvalue weighted by Gasteiger charge is -2.09. The van der Waals surface area contributed by atoms with E-state index in [1.54, 1.807) is 18.4 Å². The molecule has 116 valence electrons. The van der Waals surface area contributed by atoms with Gasteiger partial charge in [0.15, 0.2) is 11.7 Å². The third-order valence-electron chi connectivity index (χ3n) is 2.85. The van der Waals surface area contributed by atoms with Gasteiger partial charge in [0.2, 0.25) is 0 Å². The Bertz CT molecular complexity index is 579. The van der Waals surface area contributed by atoms with Crippen molar-refractivity contribution in [2.24, 2.45) is 4.99 Å². The molecule has 0 aliphatic heterocycles. The monoisotopic (exact) mass is 420 g/mol. The van der Waals surface area contributed by atoms with Gasteiger partial charge in [-0.1, -0.05) is 12.1 Å². The van der Waals surface area contributed by atoms with E-state index in [0.29, 0.717) is 6.54 Å². The van der Waals surface area contributed by atoms with Crippen molar-refractivity contribution in [3.8, 4) is 0 Å². The van der Waals surface area contributed by atoms with Gasteiger partial charge in [0.05, 0.1) is 18.8 Å². The Morgan fingerprint density at radius 2 is 2.10 bits per heavy atom. The van der Waals surface area contributed by atoms with E-state index < -0.39 is 0 Å². The van der Waals surface area contributed by atoms with Crippen LogP contribution in [-0.4, -0.2) is 18.2 Å². The number of nitrogens with one attached hydrogen (secondary N) is 2. The molecule has 0 saturated carbocycles. The lowest BCUT2D eigenvalue weighted by molar-refractivity contribution is 0.374. The Morgan fingerprint density at radius 1 is 1.33 bits per heavy atom. The highest BCUT2D eigenvalue weighted by atomic mass is 127. The van der Waals surface area contributed by atoms with Crippen LogP contribution in [0.1, 0.15) is 28.1 Å². The normalized spacial score (nSPS) is 11.1. The van der Waals surface area contributed by atoms with Gasteiger partial charge in [-0.15, -0.1) is 35.3 Å². The van der Waals surface area contributed by atoms with Crippen LogP contribution in [-0.2, 0) is 19.5 Å². The highest BCUT2D eigenvalue weighted by molar-refractivity contribution is 14.0. The van der Waals surface area contributed by atoms with Gasteiger partial charge in [0, 0.05) is 22.9 Å². The highest BCUT2D eigenvalue weighted by Gasteiger charge is 2.04. The largest absolute Gasteiger partial charge is 0.359 e. The lowest BCUT2D eigenvalue weighted by Crippen LogP contribution is -2.36. The summed E-state index contributed by atoms with van der Waals surface area (Å²) >= 11 is 1.79. The first-order valence-corrected chi connectivity index (χ1v) is 7.47. The number of aliphatic imine (C=N–C) groups is 1. The average Bonchev–Trinajstić information content (AvgIpc) is 3.08. The second-order valence-electron chi connectivity index (χ2n) is 4.43. The predicted octanol–water partition coefficient (Wildman–Crippen LogP) is 3.09. The second kappa shape index (κ2) is 9.04. The van der Waals surface area contributed by atoms with Crippen molar-refractivity contribution >= 4 is 41.3 Å². The molecular weight excluding hydrogens is 399 g/mol. The zero-order valence-electron chi connectivity index (χ0n) is 12.5. The minimum atomic E-state index is 0. The summed E-state index contributed by atoms with van der Waals surface area (Å²) in [7, 11) is 1.76. The fraction of sp³-hybridized carbons (Fsp3) is 0.429. The maximum Gasteiger partial charge on any atom is 0.191 e. The van der Waals surface area contributed by atoms with Crippen LogP contribution in [0.2, 0.25) is 0 Å². The van der Waals surface area contributed by atoms with Crippen LogP contribution < -0.4 is 10.6 Å². The fourth-order valence-corrected chi connectivity index (χ4v) is 2.58.